The minimum absolute atomic E-state index is 0.0961. The van der Waals surface area contributed by atoms with E-state index in [1.54, 1.807) is 37.4 Å². The lowest BCUT2D eigenvalue weighted by Gasteiger charge is -2.13. The molecule has 2 aromatic rings. The van der Waals surface area contributed by atoms with E-state index in [0.717, 1.165) is 4.90 Å². The van der Waals surface area contributed by atoms with E-state index in [-0.39, 0.29) is 11.2 Å². The molecule has 0 spiro atoms. The Morgan fingerprint density at radius 1 is 1.18 bits per heavy atom. The van der Waals surface area contributed by atoms with Crippen LogP contribution < -0.4 is 10.1 Å². The van der Waals surface area contributed by atoms with Crippen LogP contribution >= 0.6 is 35.0 Å². The number of benzene rings is 2. The fourth-order valence-electron chi connectivity index (χ4n) is 1.76. The van der Waals surface area contributed by atoms with Gasteiger partial charge in [0.05, 0.1) is 17.4 Å². The second-order valence-electron chi connectivity index (χ2n) is 4.55. The lowest BCUT2D eigenvalue weighted by atomic mass is 10.3. The predicted octanol–water partition coefficient (Wildman–Crippen LogP) is 5.12. The van der Waals surface area contributed by atoms with Gasteiger partial charge in [0.2, 0.25) is 5.91 Å². The van der Waals surface area contributed by atoms with Crippen LogP contribution in [0.4, 0.5) is 5.69 Å². The summed E-state index contributed by atoms with van der Waals surface area (Å²) in [5, 5.41) is 3.72. The van der Waals surface area contributed by atoms with E-state index in [1.807, 2.05) is 19.1 Å². The lowest BCUT2D eigenvalue weighted by Crippen LogP contribution is -2.22. The first kappa shape index (κ1) is 17.0. The van der Waals surface area contributed by atoms with Crippen molar-refractivity contribution >= 4 is 46.6 Å². The van der Waals surface area contributed by atoms with Crippen molar-refractivity contribution in [2.45, 2.75) is 17.1 Å². The van der Waals surface area contributed by atoms with Gasteiger partial charge in [-0.25, -0.2) is 0 Å². The van der Waals surface area contributed by atoms with Gasteiger partial charge in [0.25, 0.3) is 0 Å². The van der Waals surface area contributed by atoms with E-state index in [9.17, 15) is 4.79 Å². The molecule has 22 heavy (non-hydrogen) atoms. The maximum atomic E-state index is 12.2. The number of amides is 1. The molecule has 2 rings (SSSR count). The minimum Gasteiger partial charge on any atom is -0.495 e. The summed E-state index contributed by atoms with van der Waals surface area (Å²) in [6.45, 7) is 1.85. The van der Waals surface area contributed by atoms with E-state index in [4.69, 9.17) is 27.9 Å². The number of carbonyl (C=O) groups is 1. The number of methoxy groups -OCH3 is 1. The lowest BCUT2D eigenvalue weighted by molar-refractivity contribution is -0.115. The first-order chi connectivity index (χ1) is 10.5. The molecule has 3 nitrogen and oxygen atoms in total. The van der Waals surface area contributed by atoms with Gasteiger partial charge < -0.3 is 10.1 Å². The monoisotopic (exact) mass is 355 g/mol. The molecule has 0 radical (unpaired) electrons. The number of hydrogen-bond acceptors (Lipinski definition) is 3. The van der Waals surface area contributed by atoms with E-state index < -0.39 is 0 Å². The molecule has 1 atom stereocenters. The Bertz CT molecular complexity index is 662. The van der Waals surface area contributed by atoms with Crippen molar-refractivity contribution in [2.24, 2.45) is 0 Å². The molecule has 1 N–H and O–H groups in total. The smallest absolute Gasteiger partial charge is 0.237 e. The highest BCUT2D eigenvalue weighted by molar-refractivity contribution is 8.00. The summed E-state index contributed by atoms with van der Waals surface area (Å²) in [6, 6.07) is 12.5. The van der Waals surface area contributed by atoms with Crippen LogP contribution in [0.3, 0.4) is 0 Å². The van der Waals surface area contributed by atoms with E-state index in [0.29, 0.717) is 21.5 Å². The molecule has 1 unspecified atom stereocenters. The largest absolute Gasteiger partial charge is 0.495 e. The third-order valence-electron chi connectivity index (χ3n) is 2.92. The van der Waals surface area contributed by atoms with Crippen LogP contribution in [0.5, 0.6) is 5.75 Å². The molecule has 0 aliphatic carbocycles. The van der Waals surface area contributed by atoms with Crippen LogP contribution in [-0.2, 0) is 4.79 Å². The molecule has 0 aliphatic rings. The summed E-state index contributed by atoms with van der Waals surface area (Å²) in [6.07, 6.45) is 0. The van der Waals surface area contributed by atoms with Crippen LogP contribution in [0.15, 0.2) is 47.4 Å². The zero-order chi connectivity index (χ0) is 16.1. The molecule has 0 fully saturated rings. The van der Waals surface area contributed by atoms with Gasteiger partial charge in [-0.2, -0.15) is 0 Å². The van der Waals surface area contributed by atoms with Gasteiger partial charge in [-0.3, -0.25) is 4.79 Å². The van der Waals surface area contributed by atoms with E-state index >= 15 is 0 Å². The van der Waals surface area contributed by atoms with Crippen molar-refractivity contribution in [3.63, 3.8) is 0 Å². The molecular formula is C16H15Cl2NO2S. The summed E-state index contributed by atoms with van der Waals surface area (Å²) < 4.78 is 5.08. The summed E-state index contributed by atoms with van der Waals surface area (Å²) in [7, 11) is 1.55. The molecule has 0 aliphatic heterocycles. The number of carbonyl (C=O) groups excluding carboxylic acids is 1. The maximum absolute atomic E-state index is 12.2. The first-order valence-electron chi connectivity index (χ1n) is 6.56. The zero-order valence-electron chi connectivity index (χ0n) is 12.1. The fraction of sp³-hybridized carbons (Fsp3) is 0.188. The van der Waals surface area contributed by atoms with Gasteiger partial charge in [-0.15, -0.1) is 11.8 Å². The second kappa shape index (κ2) is 7.77. The molecule has 0 saturated heterocycles. The maximum Gasteiger partial charge on any atom is 0.237 e. The number of anilines is 1. The van der Waals surface area contributed by atoms with Gasteiger partial charge in [0, 0.05) is 15.6 Å². The fourth-order valence-corrected chi connectivity index (χ4v) is 3.01. The molecular weight excluding hydrogens is 341 g/mol. The van der Waals surface area contributed by atoms with Gasteiger partial charge in [0.15, 0.2) is 0 Å². The third-order valence-corrected chi connectivity index (χ3v) is 4.57. The number of rotatable bonds is 5. The quantitative estimate of drug-likeness (QED) is 0.756. The topological polar surface area (TPSA) is 38.3 Å². The van der Waals surface area contributed by atoms with Crippen LogP contribution in [0, 0.1) is 0 Å². The average molecular weight is 356 g/mol. The Hall–Kier alpha value is -1.36. The summed E-state index contributed by atoms with van der Waals surface area (Å²) >= 11 is 13.4. The molecule has 6 heteroatoms. The third kappa shape index (κ3) is 4.57. The minimum atomic E-state index is -0.248. The van der Waals surface area contributed by atoms with Gasteiger partial charge >= 0.3 is 0 Å². The van der Waals surface area contributed by atoms with Crippen LogP contribution in [0.1, 0.15) is 6.92 Å². The van der Waals surface area contributed by atoms with Crippen molar-refractivity contribution in [1.29, 1.82) is 0 Å². The van der Waals surface area contributed by atoms with Crippen LogP contribution in [0.2, 0.25) is 10.0 Å². The Morgan fingerprint density at radius 3 is 2.45 bits per heavy atom. The number of halogens is 2. The van der Waals surface area contributed by atoms with Crippen LogP contribution in [-0.4, -0.2) is 18.3 Å². The summed E-state index contributed by atoms with van der Waals surface area (Å²) in [5.74, 6) is 0.476. The summed E-state index contributed by atoms with van der Waals surface area (Å²) in [4.78, 5) is 13.2. The average Bonchev–Trinajstić information content (AvgIpc) is 2.49. The molecule has 2 aromatic carbocycles. The number of hydrogen-bond donors (Lipinski definition) is 1. The number of thioether (sulfide) groups is 1. The standard InChI is InChI=1S/C16H15Cl2NO2S/c1-10(22-13-6-3-11(17)4-7-13)16(20)19-12-5-8-15(21-2)14(18)9-12/h3-10H,1-2H3,(H,19,20). The predicted molar refractivity (Wildman–Crippen MR) is 93.4 cm³/mol. The van der Waals surface area contributed by atoms with Gasteiger partial charge in [0.1, 0.15) is 5.75 Å². The van der Waals surface area contributed by atoms with E-state index in [2.05, 4.69) is 5.32 Å². The molecule has 0 heterocycles. The van der Waals surface area contributed by atoms with E-state index in [1.165, 1.54) is 11.8 Å². The van der Waals surface area contributed by atoms with Crippen molar-refractivity contribution in [3.8, 4) is 5.75 Å². The molecule has 116 valence electrons. The Labute approximate surface area is 144 Å². The van der Waals surface area contributed by atoms with Crippen molar-refractivity contribution in [3.05, 3.63) is 52.5 Å². The highest BCUT2D eigenvalue weighted by Gasteiger charge is 2.15. The molecule has 0 saturated carbocycles. The normalized spacial score (nSPS) is 11.8. The molecule has 0 bridgehead atoms. The zero-order valence-corrected chi connectivity index (χ0v) is 14.4. The molecule has 0 aromatic heterocycles. The summed E-state index contributed by atoms with van der Waals surface area (Å²) in [5.41, 5.74) is 0.638. The van der Waals surface area contributed by atoms with Crippen LogP contribution in [0.25, 0.3) is 0 Å². The second-order valence-corrected chi connectivity index (χ2v) is 6.81. The Balaban J connectivity index is 1.99. The number of nitrogens with one attached hydrogen (secondary N) is 1. The van der Waals surface area contributed by atoms with Crippen molar-refractivity contribution in [1.82, 2.24) is 0 Å². The molecule has 1 amide bonds. The SMILES string of the molecule is COc1ccc(NC(=O)C(C)Sc2ccc(Cl)cc2)cc1Cl. The highest BCUT2D eigenvalue weighted by Crippen LogP contribution is 2.29. The van der Waals surface area contributed by atoms with Crippen molar-refractivity contribution < 1.29 is 9.53 Å². The Kier molecular flexibility index (Phi) is 6.00. The highest BCUT2D eigenvalue weighted by atomic mass is 35.5. The van der Waals surface area contributed by atoms with Gasteiger partial charge in [-0.1, -0.05) is 23.2 Å². The van der Waals surface area contributed by atoms with Gasteiger partial charge in [-0.05, 0) is 49.4 Å². The first-order valence-corrected chi connectivity index (χ1v) is 8.20. The Morgan fingerprint density at radius 2 is 1.86 bits per heavy atom. The number of ether oxygens (including phenoxy) is 1. The van der Waals surface area contributed by atoms with Crippen molar-refractivity contribution in [2.75, 3.05) is 12.4 Å².